The van der Waals surface area contributed by atoms with E-state index in [2.05, 4.69) is 13.8 Å². The minimum absolute atomic E-state index is 0.154. The normalized spacial score (nSPS) is 17.2. The van der Waals surface area contributed by atoms with Gasteiger partial charge in [0.25, 0.3) is 0 Å². The maximum atomic E-state index is 11.4. The Morgan fingerprint density at radius 2 is 2.11 bits per heavy atom. The van der Waals surface area contributed by atoms with Gasteiger partial charge in [0.1, 0.15) is 5.75 Å². The standard InChI is InChI=1S/C14H21NO3S/c1-3-10(2)13-8-12(19(15,16)17)6-7-14(13)18-9-11-4-5-11/h6-8,10-11H,3-5,9H2,1-2H3,(H2,15,16,17). The number of hydrogen-bond acceptors (Lipinski definition) is 3. The first kappa shape index (κ1) is 14.3. The molecule has 0 aromatic heterocycles. The maximum absolute atomic E-state index is 11.4. The summed E-state index contributed by atoms with van der Waals surface area (Å²) in [5, 5.41) is 5.18. The average molecular weight is 283 g/mol. The van der Waals surface area contributed by atoms with Gasteiger partial charge in [0.05, 0.1) is 11.5 Å². The molecule has 1 aromatic carbocycles. The molecular weight excluding hydrogens is 262 g/mol. The summed E-state index contributed by atoms with van der Waals surface area (Å²) in [6.07, 6.45) is 3.38. The Morgan fingerprint density at radius 3 is 2.63 bits per heavy atom. The molecule has 0 aliphatic heterocycles. The Bertz CT molecular complexity index is 550. The summed E-state index contributed by atoms with van der Waals surface area (Å²) in [7, 11) is -3.66. The number of sulfonamides is 1. The van der Waals surface area contributed by atoms with Crippen molar-refractivity contribution >= 4 is 10.0 Å². The topological polar surface area (TPSA) is 69.4 Å². The van der Waals surface area contributed by atoms with Gasteiger partial charge in [-0.2, -0.15) is 0 Å². The number of ether oxygens (including phenoxy) is 1. The molecule has 19 heavy (non-hydrogen) atoms. The highest BCUT2D eigenvalue weighted by molar-refractivity contribution is 7.89. The van der Waals surface area contributed by atoms with Crippen LogP contribution in [0.15, 0.2) is 23.1 Å². The van der Waals surface area contributed by atoms with E-state index in [4.69, 9.17) is 9.88 Å². The van der Waals surface area contributed by atoms with Crippen LogP contribution in [0.1, 0.15) is 44.6 Å². The van der Waals surface area contributed by atoms with Crippen molar-refractivity contribution in [3.63, 3.8) is 0 Å². The average Bonchev–Trinajstić information content (AvgIpc) is 3.18. The van der Waals surface area contributed by atoms with Gasteiger partial charge in [0.15, 0.2) is 0 Å². The Kier molecular flexibility index (Phi) is 4.16. The van der Waals surface area contributed by atoms with Crippen molar-refractivity contribution in [3.05, 3.63) is 23.8 Å². The fourth-order valence-corrected chi connectivity index (χ4v) is 2.48. The number of benzene rings is 1. The zero-order chi connectivity index (χ0) is 14.0. The lowest BCUT2D eigenvalue weighted by Gasteiger charge is -2.16. The Hall–Kier alpha value is -1.07. The van der Waals surface area contributed by atoms with E-state index < -0.39 is 10.0 Å². The molecule has 0 spiro atoms. The monoisotopic (exact) mass is 283 g/mol. The van der Waals surface area contributed by atoms with Crippen LogP contribution < -0.4 is 9.88 Å². The van der Waals surface area contributed by atoms with E-state index in [0.717, 1.165) is 24.3 Å². The van der Waals surface area contributed by atoms with Crippen molar-refractivity contribution in [1.82, 2.24) is 0 Å². The summed E-state index contributed by atoms with van der Waals surface area (Å²) in [4.78, 5) is 0.154. The van der Waals surface area contributed by atoms with Gasteiger partial charge < -0.3 is 4.74 Å². The molecule has 4 nitrogen and oxygen atoms in total. The molecule has 1 unspecified atom stereocenters. The quantitative estimate of drug-likeness (QED) is 0.872. The highest BCUT2D eigenvalue weighted by Crippen LogP contribution is 2.34. The van der Waals surface area contributed by atoms with Crippen molar-refractivity contribution in [2.24, 2.45) is 11.1 Å². The molecule has 1 aromatic rings. The summed E-state index contributed by atoms with van der Waals surface area (Å²) in [6.45, 7) is 4.85. The molecule has 1 aliphatic carbocycles. The molecule has 1 atom stereocenters. The summed E-state index contributed by atoms with van der Waals surface area (Å²) in [5.41, 5.74) is 0.926. The third-order valence-electron chi connectivity index (χ3n) is 3.62. The van der Waals surface area contributed by atoms with Crippen molar-refractivity contribution in [3.8, 4) is 5.75 Å². The SMILES string of the molecule is CCC(C)c1cc(S(N)(=O)=O)ccc1OCC1CC1. The first-order valence-corrected chi connectivity index (χ1v) is 8.26. The van der Waals surface area contributed by atoms with Gasteiger partial charge in [-0.05, 0) is 54.9 Å². The van der Waals surface area contributed by atoms with Crippen LogP contribution in [0.5, 0.6) is 5.75 Å². The van der Waals surface area contributed by atoms with E-state index in [-0.39, 0.29) is 10.8 Å². The maximum Gasteiger partial charge on any atom is 0.238 e. The van der Waals surface area contributed by atoms with Gasteiger partial charge >= 0.3 is 0 Å². The lowest BCUT2D eigenvalue weighted by atomic mass is 9.98. The minimum Gasteiger partial charge on any atom is -0.493 e. The van der Waals surface area contributed by atoms with Crippen LogP contribution in [0.3, 0.4) is 0 Å². The number of hydrogen-bond donors (Lipinski definition) is 1. The highest BCUT2D eigenvalue weighted by atomic mass is 32.2. The predicted molar refractivity (Wildman–Crippen MR) is 74.7 cm³/mol. The molecule has 2 rings (SSSR count). The Morgan fingerprint density at radius 1 is 1.42 bits per heavy atom. The molecule has 2 N–H and O–H groups in total. The second-order valence-corrected chi connectivity index (χ2v) is 6.87. The summed E-state index contributed by atoms with van der Waals surface area (Å²) in [6, 6.07) is 4.89. The molecule has 5 heteroatoms. The lowest BCUT2D eigenvalue weighted by Crippen LogP contribution is -2.13. The molecule has 1 aliphatic rings. The summed E-state index contributed by atoms with van der Waals surface area (Å²) >= 11 is 0. The van der Waals surface area contributed by atoms with Gasteiger partial charge in [0, 0.05) is 0 Å². The largest absolute Gasteiger partial charge is 0.493 e. The smallest absolute Gasteiger partial charge is 0.238 e. The van der Waals surface area contributed by atoms with Crippen molar-refractivity contribution in [2.75, 3.05) is 6.61 Å². The van der Waals surface area contributed by atoms with Gasteiger partial charge in [-0.3, -0.25) is 0 Å². The second-order valence-electron chi connectivity index (χ2n) is 5.31. The molecule has 106 valence electrons. The van der Waals surface area contributed by atoms with Crippen LogP contribution in [0.4, 0.5) is 0 Å². The molecular formula is C14H21NO3S. The Labute approximate surface area is 115 Å². The zero-order valence-corrected chi connectivity index (χ0v) is 12.2. The fourth-order valence-electron chi connectivity index (χ4n) is 1.93. The van der Waals surface area contributed by atoms with Gasteiger partial charge in [-0.25, -0.2) is 13.6 Å². The van der Waals surface area contributed by atoms with E-state index >= 15 is 0 Å². The van der Waals surface area contributed by atoms with E-state index in [1.807, 2.05) is 0 Å². The first-order valence-electron chi connectivity index (χ1n) is 6.71. The van der Waals surface area contributed by atoms with E-state index in [9.17, 15) is 8.42 Å². The lowest BCUT2D eigenvalue weighted by molar-refractivity contribution is 0.295. The molecule has 0 bridgehead atoms. The van der Waals surface area contributed by atoms with Crippen LogP contribution in [0.25, 0.3) is 0 Å². The van der Waals surface area contributed by atoms with Crippen molar-refractivity contribution in [1.29, 1.82) is 0 Å². The Balaban J connectivity index is 2.30. The number of primary sulfonamides is 1. The van der Waals surface area contributed by atoms with Crippen LogP contribution in [0.2, 0.25) is 0 Å². The van der Waals surface area contributed by atoms with Crippen molar-refractivity contribution < 1.29 is 13.2 Å². The molecule has 1 saturated carbocycles. The van der Waals surface area contributed by atoms with Gasteiger partial charge in [-0.1, -0.05) is 13.8 Å². The first-order chi connectivity index (χ1) is 8.91. The van der Waals surface area contributed by atoms with Crippen molar-refractivity contribution in [2.45, 2.75) is 43.9 Å². The van der Waals surface area contributed by atoms with Crippen LogP contribution in [-0.4, -0.2) is 15.0 Å². The number of nitrogens with two attached hydrogens (primary N) is 1. The van der Waals surface area contributed by atoms with E-state index in [0.29, 0.717) is 5.92 Å². The molecule has 0 heterocycles. The van der Waals surface area contributed by atoms with Crippen LogP contribution in [-0.2, 0) is 10.0 Å². The third kappa shape index (κ3) is 3.70. The van der Waals surface area contributed by atoms with Gasteiger partial charge in [0.2, 0.25) is 10.0 Å². The molecule has 0 radical (unpaired) electrons. The third-order valence-corrected chi connectivity index (χ3v) is 4.54. The summed E-state index contributed by atoms with van der Waals surface area (Å²) < 4.78 is 28.7. The second kappa shape index (κ2) is 5.51. The molecule has 0 amide bonds. The van der Waals surface area contributed by atoms with Crippen LogP contribution >= 0.6 is 0 Å². The van der Waals surface area contributed by atoms with E-state index in [1.54, 1.807) is 12.1 Å². The van der Waals surface area contributed by atoms with E-state index in [1.165, 1.54) is 18.9 Å². The fraction of sp³-hybridized carbons (Fsp3) is 0.571. The van der Waals surface area contributed by atoms with Crippen LogP contribution in [0, 0.1) is 5.92 Å². The number of rotatable bonds is 6. The highest BCUT2D eigenvalue weighted by Gasteiger charge is 2.23. The molecule has 0 saturated heterocycles. The zero-order valence-electron chi connectivity index (χ0n) is 11.4. The predicted octanol–water partition coefficient (Wildman–Crippen LogP) is 2.64. The van der Waals surface area contributed by atoms with Gasteiger partial charge in [-0.15, -0.1) is 0 Å². The molecule has 1 fully saturated rings. The minimum atomic E-state index is -3.66. The summed E-state index contributed by atoms with van der Waals surface area (Å²) in [5.74, 6) is 1.70.